The van der Waals surface area contributed by atoms with Crippen LogP contribution in [0.2, 0.25) is 0 Å². The molecule has 0 spiro atoms. The Hall–Kier alpha value is -1.51. The number of nitrogens with zero attached hydrogens (tertiary/aromatic N) is 2. The molecule has 158 valence electrons. The van der Waals surface area contributed by atoms with Crippen LogP contribution in [0.15, 0.2) is 29.3 Å². The Morgan fingerprint density at radius 1 is 1.25 bits per heavy atom. The zero-order valence-corrected chi connectivity index (χ0v) is 19.8. The number of rotatable bonds is 7. The number of likely N-dealkylation sites (tertiary alicyclic amines) is 1. The van der Waals surface area contributed by atoms with Gasteiger partial charge in [0.05, 0.1) is 19.6 Å². The van der Waals surface area contributed by atoms with E-state index >= 15 is 0 Å². The van der Waals surface area contributed by atoms with Gasteiger partial charge in [0, 0.05) is 26.7 Å². The van der Waals surface area contributed by atoms with Crippen LogP contribution in [-0.2, 0) is 16.0 Å². The summed E-state index contributed by atoms with van der Waals surface area (Å²) >= 11 is 0. The highest BCUT2D eigenvalue weighted by atomic mass is 127. The predicted molar refractivity (Wildman–Crippen MR) is 124 cm³/mol. The second-order valence-electron chi connectivity index (χ2n) is 7.36. The van der Waals surface area contributed by atoms with E-state index in [1.54, 1.807) is 7.05 Å². The van der Waals surface area contributed by atoms with Gasteiger partial charge in [0.15, 0.2) is 5.96 Å². The van der Waals surface area contributed by atoms with Crippen molar-refractivity contribution in [1.29, 1.82) is 0 Å². The molecule has 1 N–H and O–H groups in total. The molecule has 0 aliphatic carbocycles. The van der Waals surface area contributed by atoms with Crippen LogP contribution in [0.1, 0.15) is 32.3 Å². The van der Waals surface area contributed by atoms with E-state index in [1.807, 2.05) is 12.1 Å². The van der Waals surface area contributed by atoms with Gasteiger partial charge in [-0.15, -0.1) is 24.0 Å². The summed E-state index contributed by atoms with van der Waals surface area (Å²) in [7, 11) is 3.26. The Morgan fingerprint density at radius 3 is 2.43 bits per heavy atom. The molecule has 0 amide bonds. The van der Waals surface area contributed by atoms with Crippen molar-refractivity contribution < 1.29 is 14.3 Å². The number of ether oxygens (including phenoxy) is 2. The molecule has 1 fully saturated rings. The number of aliphatic imine (C=N–C) groups is 1. The Labute approximate surface area is 186 Å². The first-order valence-corrected chi connectivity index (χ1v) is 9.78. The molecule has 0 radical (unpaired) electrons. The maximum atomic E-state index is 11.6. The zero-order valence-electron chi connectivity index (χ0n) is 17.4. The Kier molecular flexibility index (Phi) is 11.3. The van der Waals surface area contributed by atoms with E-state index in [4.69, 9.17) is 9.47 Å². The lowest BCUT2D eigenvalue weighted by Gasteiger charge is -2.33. The molecule has 1 aliphatic heterocycles. The second-order valence-corrected chi connectivity index (χ2v) is 7.36. The van der Waals surface area contributed by atoms with Crippen molar-refractivity contribution in [3.05, 3.63) is 29.8 Å². The maximum absolute atomic E-state index is 11.6. The summed E-state index contributed by atoms with van der Waals surface area (Å²) in [6.45, 7) is 7.48. The molecule has 1 heterocycles. The molecule has 1 aromatic rings. The minimum atomic E-state index is -0.0987. The summed E-state index contributed by atoms with van der Waals surface area (Å²) in [6, 6.07) is 8.29. The number of methoxy groups -OCH3 is 1. The number of esters is 1. The number of guanidine groups is 1. The molecular formula is C21H34IN3O3. The van der Waals surface area contributed by atoms with Crippen LogP contribution in [0.3, 0.4) is 0 Å². The number of benzene rings is 1. The minimum Gasteiger partial charge on any atom is -0.493 e. The van der Waals surface area contributed by atoms with E-state index in [1.165, 1.54) is 12.7 Å². The van der Waals surface area contributed by atoms with Crippen molar-refractivity contribution >= 4 is 35.9 Å². The van der Waals surface area contributed by atoms with Gasteiger partial charge in [-0.05, 0) is 42.9 Å². The maximum Gasteiger partial charge on any atom is 0.308 e. The fourth-order valence-electron chi connectivity index (χ4n) is 3.16. The molecular weight excluding hydrogens is 469 g/mol. The predicted octanol–water partition coefficient (Wildman–Crippen LogP) is 3.34. The minimum absolute atomic E-state index is 0. The second kappa shape index (κ2) is 12.9. The van der Waals surface area contributed by atoms with E-state index < -0.39 is 0 Å². The average Bonchev–Trinajstić information content (AvgIpc) is 2.70. The number of nitrogens with one attached hydrogen (secondary N) is 1. The largest absolute Gasteiger partial charge is 0.493 e. The van der Waals surface area contributed by atoms with Crippen LogP contribution in [0.25, 0.3) is 0 Å². The van der Waals surface area contributed by atoms with Crippen LogP contribution >= 0.6 is 24.0 Å². The summed E-state index contributed by atoms with van der Waals surface area (Å²) in [5, 5.41) is 3.43. The van der Waals surface area contributed by atoms with E-state index in [9.17, 15) is 4.79 Å². The lowest BCUT2D eigenvalue weighted by Crippen LogP contribution is -2.47. The normalized spacial score (nSPS) is 15.2. The SMILES string of the molecule is CN=C(NCCc1ccc(OCC(C)C)cc1)N1CCC(C(=O)OC)CC1.I. The first-order chi connectivity index (χ1) is 13.0. The summed E-state index contributed by atoms with van der Waals surface area (Å²) in [4.78, 5) is 18.2. The van der Waals surface area contributed by atoms with Gasteiger partial charge >= 0.3 is 5.97 Å². The summed E-state index contributed by atoms with van der Waals surface area (Å²) in [6.07, 6.45) is 2.54. The number of piperidine rings is 1. The molecule has 28 heavy (non-hydrogen) atoms. The molecule has 2 rings (SSSR count). The molecule has 1 aliphatic rings. The van der Waals surface area contributed by atoms with E-state index in [0.717, 1.165) is 57.2 Å². The quantitative estimate of drug-likeness (QED) is 0.268. The van der Waals surface area contributed by atoms with Crippen molar-refractivity contribution in [2.45, 2.75) is 33.1 Å². The number of carbonyl (C=O) groups is 1. The van der Waals surface area contributed by atoms with Crippen LogP contribution < -0.4 is 10.1 Å². The topological polar surface area (TPSA) is 63.2 Å². The number of hydrogen-bond acceptors (Lipinski definition) is 4. The molecule has 1 saturated heterocycles. The smallest absolute Gasteiger partial charge is 0.308 e. The highest BCUT2D eigenvalue weighted by Gasteiger charge is 2.26. The van der Waals surface area contributed by atoms with Crippen molar-refractivity contribution in [2.75, 3.05) is 40.4 Å². The molecule has 7 heteroatoms. The average molecular weight is 503 g/mol. The van der Waals surface area contributed by atoms with Crippen molar-refractivity contribution in [2.24, 2.45) is 16.8 Å². The summed E-state index contributed by atoms with van der Waals surface area (Å²) in [5.74, 6) is 2.26. The van der Waals surface area contributed by atoms with Gasteiger partial charge in [-0.3, -0.25) is 9.79 Å². The van der Waals surface area contributed by atoms with Gasteiger partial charge in [0.25, 0.3) is 0 Å². The highest BCUT2D eigenvalue weighted by Crippen LogP contribution is 2.18. The zero-order chi connectivity index (χ0) is 19.6. The Morgan fingerprint density at radius 2 is 1.89 bits per heavy atom. The highest BCUT2D eigenvalue weighted by molar-refractivity contribution is 14.0. The van der Waals surface area contributed by atoms with Crippen LogP contribution in [0.5, 0.6) is 5.75 Å². The van der Waals surface area contributed by atoms with Crippen LogP contribution in [-0.4, -0.2) is 57.2 Å². The molecule has 0 unspecified atom stereocenters. The van der Waals surface area contributed by atoms with Crippen LogP contribution in [0, 0.1) is 11.8 Å². The monoisotopic (exact) mass is 503 g/mol. The van der Waals surface area contributed by atoms with Crippen molar-refractivity contribution in [3.8, 4) is 5.75 Å². The third-order valence-electron chi connectivity index (χ3n) is 4.74. The molecule has 0 atom stereocenters. The first kappa shape index (κ1) is 24.5. The van der Waals surface area contributed by atoms with Crippen molar-refractivity contribution in [3.63, 3.8) is 0 Å². The van der Waals surface area contributed by atoms with Gasteiger partial charge in [-0.2, -0.15) is 0 Å². The van der Waals surface area contributed by atoms with E-state index in [-0.39, 0.29) is 35.9 Å². The summed E-state index contributed by atoms with van der Waals surface area (Å²) < 4.78 is 10.6. The lowest BCUT2D eigenvalue weighted by molar-refractivity contribution is -0.146. The first-order valence-electron chi connectivity index (χ1n) is 9.78. The fraction of sp³-hybridized carbons (Fsp3) is 0.619. The standard InChI is InChI=1S/C21H33N3O3.HI/c1-16(2)15-27-19-7-5-17(6-8-19)9-12-23-21(22-3)24-13-10-18(11-14-24)20(25)26-4;/h5-8,16,18H,9-15H2,1-4H3,(H,22,23);1H. The fourth-order valence-corrected chi connectivity index (χ4v) is 3.16. The molecule has 0 bridgehead atoms. The van der Waals surface area contributed by atoms with E-state index in [2.05, 4.69) is 41.2 Å². The van der Waals surface area contributed by atoms with E-state index in [0.29, 0.717) is 5.92 Å². The summed E-state index contributed by atoms with van der Waals surface area (Å²) in [5.41, 5.74) is 1.26. The van der Waals surface area contributed by atoms with Gasteiger partial charge < -0.3 is 19.7 Å². The molecule has 1 aromatic carbocycles. The molecule has 6 nitrogen and oxygen atoms in total. The molecule has 0 aromatic heterocycles. The van der Waals surface area contributed by atoms with Crippen molar-refractivity contribution in [1.82, 2.24) is 10.2 Å². The Balaban J connectivity index is 0.00000392. The number of hydrogen-bond donors (Lipinski definition) is 1. The third kappa shape index (κ3) is 7.85. The number of carbonyl (C=O) groups excluding carboxylic acids is 1. The number of halogens is 1. The molecule has 0 saturated carbocycles. The Bertz CT molecular complexity index is 612. The van der Waals surface area contributed by atoms with Gasteiger partial charge in [-0.1, -0.05) is 26.0 Å². The van der Waals surface area contributed by atoms with Gasteiger partial charge in [-0.25, -0.2) is 0 Å². The van der Waals surface area contributed by atoms with Gasteiger partial charge in [0.2, 0.25) is 0 Å². The van der Waals surface area contributed by atoms with Crippen LogP contribution in [0.4, 0.5) is 0 Å². The third-order valence-corrected chi connectivity index (χ3v) is 4.74. The van der Waals surface area contributed by atoms with Gasteiger partial charge in [0.1, 0.15) is 5.75 Å². The lowest BCUT2D eigenvalue weighted by atomic mass is 9.97.